The molecule has 0 radical (unpaired) electrons. The van der Waals surface area contributed by atoms with E-state index in [4.69, 9.17) is 4.74 Å². The van der Waals surface area contributed by atoms with Crippen molar-refractivity contribution in [1.82, 2.24) is 5.32 Å². The number of halogens is 1. The molecule has 0 spiro atoms. The number of benzene rings is 2. The third-order valence-corrected chi connectivity index (χ3v) is 3.89. The van der Waals surface area contributed by atoms with Gasteiger partial charge in [0.25, 0.3) is 0 Å². The van der Waals surface area contributed by atoms with Gasteiger partial charge in [-0.3, -0.25) is 0 Å². The van der Waals surface area contributed by atoms with E-state index < -0.39 is 0 Å². The van der Waals surface area contributed by atoms with Crippen LogP contribution >= 0.6 is 15.9 Å². The molecule has 2 nitrogen and oxygen atoms in total. The van der Waals surface area contributed by atoms with Crippen LogP contribution in [-0.2, 0) is 6.54 Å². The molecule has 2 rings (SSSR count). The summed E-state index contributed by atoms with van der Waals surface area (Å²) in [6.45, 7) is 8.19. The molecule has 0 atom stereocenters. The third-order valence-electron chi connectivity index (χ3n) is 3.27. The van der Waals surface area contributed by atoms with Crippen LogP contribution in [0.3, 0.4) is 0 Å². The molecule has 1 N–H and O–H groups in total. The van der Waals surface area contributed by atoms with Gasteiger partial charge in [-0.15, -0.1) is 0 Å². The minimum atomic E-state index is 0.828. The molecular weight excluding hydrogens is 326 g/mol. The van der Waals surface area contributed by atoms with Gasteiger partial charge in [-0.1, -0.05) is 30.7 Å². The molecule has 2 aromatic carbocycles. The van der Waals surface area contributed by atoms with E-state index in [0.29, 0.717) is 0 Å². The standard InChI is InChI=1S/C18H22BrNO/c1-4-9-20-12-15-10-13(2)5-7-17(15)21-18-8-6-14(3)11-16(18)19/h5-8,10-11,20H,4,9,12H2,1-3H3. The van der Waals surface area contributed by atoms with Crippen molar-refractivity contribution < 1.29 is 4.74 Å². The first kappa shape index (κ1) is 16.1. The van der Waals surface area contributed by atoms with Crippen LogP contribution in [0.5, 0.6) is 11.5 Å². The third kappa shape index (κ3) is 4.58. The fraction of sp³-hybridized carbons (Fsp3) is 0.333. The van der Waals surface area contributed by atoms with Gasteiger partial charge in [0.05, 0.1) is 4.47 Å². The lowest BCUT2D eigenvalue weighted by Crippen LogP contribution is -2.14. The second-order valence-corrected chi connectivity index (χ2v) is 6.18. The van der Waals surface area contributed by atoms with Crippen LogP contribution in [0.1, 0.15) is 30.0 Å². The Labute approximate surface area is 135 Å². The minimum absolute atomic E-state index is 0.828. The molecule has 112 valence electrons. The van der Waals surface area contributed by atoms with Crippen molar-refractivity contribution in [2.45, 2.75) is 33.7 Å². The van der Waals surface area contributed by atoms with E-state index >= 15 is 0 Å². The van der Waals surface area contributed by atoms with Crippen LogP contribution in [0.4, 0.5) is 0 Å². The van der Waals surface area contributed by atoms with Crippen LogP contribution in [0.15, 0.2) is 40.9 Å². The molecule has 3 heteroatoms. The number of rotatable bonds is 6. The summed E-state index contributed by atoms with van der Waals surface area (Å²) >= 11 is 3.57. The van der Waals surface area contributed by atoms with Gasteiger partial charge in [0.1, 0.15) is 11.5 Å². The first-order chi connectivity index (χ1) is 10.1. The van der Waals surface area contributed by atoms with Crippen molar-refractivity contribution in [3.05, 3.63) is 57.6 Å². The maximum Gasteiger partial charge on any atom is 0.141 e. The molecule has 0 amide bonds. The first-order valence-corrected chi connectivity index (χ1v) is 8.13. The summed E-state index contributed by atoms with van der Waals surface area (Å²) in [5.74, 6) is 1.76. The van der Waals surface area contributed by atoms with E-state index in [1.165, 1.54) is 16.7 Å². The van der Waals surface area contributed by atoms with Crippen LogP contribution in [0.2, 0.25) is 0 Å². The Balaban J connectivity index is 2.22. The molecule has 0 aliphatic rings. The van der Waals surface area contributed by atoms with Crippen molar-refractivity contribution in [3.8, 4) is 11.5 Å². The Kier molecular flexibility index (Phi) is 5.83. The molecule has 0 saturated carbocycles. The second kappa shape index (κ2) is 7.62. The predicted octanol–water partition coefficient (Wildman–Crippen LogP) is 5.36. The first-order valence-electron chi connectivity index (χ1n) is 7.34. The molecule has 0 unspecified atom stereocenters. The van der Waals surface area contributed by atoms with Gasteiger partial charge in [0, 0.05) is 12.1 Å². The lowest BCUT2D eigenvalue weighted by molar-refractivity contribution is 0.469. The zero-order valence-corrected chi connectivity index (χ0v) is 14.5. The normalized spacial score (nSPS) is 10.7. The SMILES string of the molecule is CCCNCc1cc(C)ccc1Oc1ccc(C)cc1Br. The van der Waals surface area contributed by atoms with Crippen LogP contribution in [0, 0.1) is 13.8 Å². The van der Waals surface area contributed by atoms with Gasteiger partial charge in [0.2, 0.25) is 0 Å². The molecule has 0 fully saturated rings. The number of aryl methyl sites for hydroxylation is 2. The summed E-state index contributed by atoms with van der Waals surface area (Å²) in [5.41, 5.74) is 3.65. The van der Waals surface area contributed by atoms with Gasteiger partial charge in [0.15, 0.2) is 0 Å². The van der Waals surface area contributed by atoms with E-state index in [-0.39, 0.29) is 0 Å². The van der Waals surface area contributed by atoms with Gasteiger partial charge in [-0.25, -0.2) is 0 Å². The minimum Gasteiger partial charge on any atom is -0.456 e. The van der Waals surface area contributed by atoms with Gasteiger partial charge in [-0.05, 0) is 66.5 Å². The highest BCUT2D eigenvalue weighted by atomic mass is 79.9. The Morgan fingerprint density at radius 3 is 2.33 bits per heavy atom. The summed E-state index contributed by atoms with van der Waals surface area (Å²) in [6, 6.07) is 12.4. The Bertz CT molecular complexity index is 610. The summed E-state index contributed by atoms with van der Waals surface area (Å²) in [5, 5.41) is 3.44. The number of hydrogen-bond acceptors (Lipinski definition) is 2. The van der Waals surface area contributed by atoms with Gasteiger partial charge >= 0.3 is 0 Å². The van der Waals surface area contributed by atoms with Crippen molar-refractivity contribution >= 4 is 15.9 Å². The molecule has 2 aromatic rings. The van der Waals surface area contributed by atoms with Crippen molar-refractivity contribution in [2.75, 3.05) is 6.54 Å². The zero-order chi connectivity index (χ0) is 15.2. The molecule has 0 heterocycles. The van der Waals surface area contributed by atoms with Crippen LogP contribution in [-0.4, -0.2) is 6.54 Å². The molecule has 0 aliphatic carbocycles. The molecule has 0 aromatic heterocycles. The maximum atomic E-state index is 6.09. The van der Waals surface area contributed by atoms with Gasteiger partial charge < -0.3 is 10.1 Å². The maximum absolute atomic E-state index is 6.09. The smallest absolute Gasteiger partial charge is 0.141 e. The van der Waals surface area contributed by atoms with Crippen molar-refractivity contribution in [3.63, 3.8) is 0 Å². The molecule has 0 aliphatic heterocycles. The predicted molar refractivity (Wildman–Crippen MR) is 92.1 cm³/mol. The monoisotopic (exact) mass is 347 g/mol. The highest BCUT2D eigenvalue weighted by Gasteiger charge is 2.08. The van der Waals surface area contributed by atoms with E-state index in [1.54, 1.807) is 0 Å². The fourth-order valence-electron chi connectivity index (χ4n) is 2.15. The summed E-state index contributed by atoms with van der Waals surface area (Å²) < 4.78 is 7.08. The number of hydrogen-bond donors (Lipinski definition) is 1. The topological polar surface area (TPSA) is 21.3 Å². The Morgan fingerprint density at radius 1 is 1.00 bits per heavy atom. The number of ether oxygens (including phenoxy) is 1. The molecule has 21 heavy (non-hydrogen) atoms. The fourth-order valence-corrected chi connectivity index (χ4v) is 2.73. The summed E-state index contributed by atoms with van der Waals surface area (Å²) in [6.07, 6.45) is 1.13. The van der Waals surface area contributed by atoms with E-state index in [0.717, 1.165) is 35.5 Å². The Hall–Kier alpha value is -1.32. The summed E-state index contributed by atoms with van der Waals surface area (Å²) in [4.78, 5) is 0. The zero-order valence-electron chi connectivity index (χ0n) is 12.9. The number of nitrogens with one attached hydrogen (secondary N) is 1. The molecule has 0 bridgehead atoms. The highest BCUT2D eigenvalue weighted by molar-refractivity contribution is 9.10. The largest absolute Gasteiger partial charge is 0.456 e. The van der Waals surface area contributed by atoms with Crippen molar-refractivity contribution in [2.24, 2.45) is 0 Å². The lowest BCUT2D eigenvalue weighted by Gasteiger charge is -2.14. The van der Waals surface area contributed by atoms with Crippen molar-refractivity contribution in [1.29, 1.82) is 0 Å². The molecular formula is C18H22BrNO. The van der Waals surface area contributed by atoms with E-state index in [2.05, 4.69) is 66.3 Å². The average molecular weight is 348 g/mol. The average Bonchev–Trinajstić information content (AvgIpc) is 2.44. The quantitative estimate of drug-likeness (QED) is 0.710. The summed E-state index contributed by atoms with van der Waals surface area (Å²) in [7, 11) is 0. The lowest BCUT2D eigenvalue weighted by atomic mass is 10.1. The van der Waals surface area contributed by atoms with Crippen LogP contribution < -0.4 is 10.1 Å². The highest BCUT2D eigenvalue weighted by Crippen LogP contribution is 2.32. The van der Waals surface area contributed by atoms with E-state index in [1.807, 2.05) is 12.1 Å². The Morgan fingerprint density at radius 2 is 1.67 bits per heavy atom. The van der Waals surface area contributed by atoms with Gasteiger partial charge in [-0.2, -0.15) is 0 Å². The molecule has 0 saturated heterocycles. The van der Waals surface area contributed by atoms with Crippen LogP contribution in [0.25, 0.3) is 0 Å². The second-order valence-electron chi connectivity index (χ2n) is 5.32. The van der Waals surface area contributed by atoms with E-state index in [9.17, 15) is 0 Å².